The molecule has 1 saturated carbocycles. The lowest BCUT2D eigenvalue weighted by atomic mass is 9.83. The molecule has 1 aliphatic heterocycles. The molecule has 0 aromatic rings. The van der Waals surface area contributed by atoms with Crippen molar-refractivity contribution in [1.29, 1.82) is 0 Å². The van der Waals surface area contributed by atoms with Gasteiger partial charge in [0.25, 0.3) is 0 Å². The van der Waals surface area contributed by atoms with Crippen LogP contribution in [0.2, 0.25) is 0 Å². The first-order chi connectivity index (χ1) is 10.9. The molecular formula is C19H36N2O2. The van der Waals surface area contributed by atoms with Gasteiger partial charge in [0.2, 0.25) is 0 Å². The first-order valence-electron chi connectivity index (χ1n) is 9.56. The van der Waals surface area contributed by atoms with Crippen LogP contribution in [0.3, 0.4) is 0 Å². The van der Waals surface area contributed by atoms with Crippen LogP contribution >= 0.6 is 0 Å². The highest BCUT2D eigenvalue weighted by Crippen LogP contribution is 2.40. The monoisotopic (exact) mass is 324 g/mol. The van der Waals surface area contributed by atoms with Crippen LogP contribution in [-0.4, -0.2) is 42.3 Å². The van der Waals surface area contributed by atoms with E-state index in [0.29, 0.717) is 5.41 Å². The predicted octanol–water partition coefficient (Wildman–Crippen LogP) is 4.34. The molecule has 0 spiro atoms. The van der Waals surface area contributed by atoms with Crippen molar-refractivity contribution in [3.63, 3.8) is 0 Å². The van der Waals surface area contributed by atoms with Crippen molar-refractivity contribution in [2.45, 2.75) is 90.7 Å². The first kappa shape index (κ1) is 18.6. The molecule has 4 nitrogen and oxygen atoms in total. The largest absolute Gasteiger partial charge is 0.444 e. The molecule has 2 fully saturated rings. The van der Waals surface area contributed by atoms with Crippen molar-refractivity contribution in [2.75, 3.05) is 19.6 Å². The Hall–Kier alpha value is -0.770. The van der Waals surface area contributed by atoms with Crippen molar-refractivity contribution in [1.82, 2.24) is 10.2 Å². The fourth-order valence-electron chi connectivity index (χ4n) is 4.06. The summed E-state index contributed by atoms with van der Waals surface area (Å²) >= 11 is 0. The van der Waals surface area contributed by atoms with E-state index in [2.05, 4.69) is 12.2 Å². The van der Waals surface area contributed by atoms with E-state index in [0.717, 1.165) is 32.5 Å². The highest BCUT2D eigenvalue weighted by atomic mass is 16.6. The molecule has 1 amide bonds. The minimum absolute atomic E-state index is 0.143. The molecule has 4 heteroatoms. The van der Waals surface area contributed by atoms with E-state index in [-0.39, 0.29) is 12.1 Å². The zero-order chi connectivity index (χ0) is 16.9. The third kappa shape index (κ3) is 5.37. The zero-order valence-electron chi connectivity index (χ0n) is 15.6. The number of hydrogen-bond acceptors (Lipinski definition) is 3. The average molecular weight is 325 g/mol. The molecule has 0 radical (unpaired) electrons. The van der Waals surface area contributed by atoms with E-state index in [1.54, 1.807) is 0 Å². The second-order valence-electron chi connectivity index (χ2n) is 8.51. The summed E-state index contributed by atoms with van der Waals surface area (Å²) in [6.45, 7) is 11.0. The number of amides is 1. The van der Waals surface area contributed by atoms with E-state index in [1.165, 1.54) is 38.5 Å². The summed E-state index contributed by atoms with van der Waals surface area (Å²) in [5, 5.41) is 3.69. The predicted molar refractivity (Wildman–Crippen MR) is 94.6 cm³/mol. The average Bonchev–Trinajstić information content (AvgIpc) is 2.95. The fourth-order valence-corrected chi connectivity index (χ4v) is 4.06. The van der Waals surface area contributed by atoms with E-state index in [1.807, 2.05) is 25.7 Å². The lowest BCUT2D eigenvalue weighted by Gasteiger charge is -2.37. The number of carbonyl (C=O) groups excluding carboxylic acids is 1. The van der Waals surface area contributed by atoms with E-state index >= 15 is 0 Å². The molecule has 0 aromatic heterocycles. The molecule has 1 unspecified atom stereocenters. The van der Waals surface area contributed by atoms with E-state index in [9.17, 15) is 4.79 Å². The van der Waals surface area contributed by atoms with Gasteiger partial charge in [0.05, 0.1) is 0 Å². The standard InChI is InChI=1S/C19H36N2O2/c1-5-19(11-7-8-12-19)15-20-14-16-10-6-9-13-21(16)17(22)23-18(2,3)4/h16,20H,5-15H2,1-4H3. The Morgan fingerprint density at radius 2 is 1.91 bits per heavy atom. The quantitative estimate of drug-likeness (QED) is 0.818. The summed E-state index contributed by atoms with van der Waals surface area (Å²) in [6, 6.07) is 0.286. The number of ether oxygens (including phenoxy) is 1. The van der Waals surface area contributed by atoms with Crippen molar-refractivity contribution in [3.8, 4) is 0 Å². The Kier molecular flexibility index (Phi) is 6.35. The van der Waals surface area contributed by atoms with Gasteiger partial charge in [-0.25, -0.2) is 4.79 Å². The molecule has 1 aliphatic carbocycles. The van der Waals surface area contributed by atoms with Gasteiger partial charge in [-0.1, -0.05) is 19.8 Å². The number of nitrogens with one attached hydrogen (secondary N) is 1. The van der Waals surface area contributed by atoms with Crippen LogP contribution in [0, 0.1) is 5.41 Å². The first-order valence-corrected chi connectivity index (χ1v) is 9.56. The lowest BCUT2D eigenvalue weighted by Crippen LogP contribution is -2.51. The van der Waals surface area contributed by atoms with Crippen LogP contribution in [0.1, 0.15) is 79.1 Å². The van der Waals surface area contributed by atoms with Gasteiger partial charge in [-0.2, -0.15) is 0 Å². The molecule has 2 aliphatic rings. The molecule has 23 heavy (non-hydrogen) atoms. The van der Waals surface area contributed by atoms with Gasteiger partial charge in [0.15, 0.2) is 0 Å². The lowest BCUT2D eigenvalue weighted by molar-refractivity contribution is 0.00968. The zero-order valence-corrected chi connectivity index (χ0v) is 15.6. The molecule has 1 heterocycles. The van der Waals surface area contributed by atoms with Crippen LogP contribution in [-0.2, 0) is 4.74 Å². The maximum Gasteiger partial charge on any atom is 0.410 e. The normalized spacial score (nSPS) is 24.7. The summed E-state index contributed by atoms with van der Waals surface area (Å²) in [5.74, 6) is 0. The van der Waals surface area contributed by atoms with Crippen LogP contribution < -0.4 is 5.32 Å². The maximum absolute atomic E-state index is 12.4. The second-order valence-corrected chi connectivity index (χ2v) is 8.51. The van der Waals surface area contributed by atoms with Gasteiger partial charge in [0.1, 0.15) is 5.60 Å². The Morgan fingerprint density at radius 3 is 2.52 bits per heavy atom. The topological polar surface area (TPSA) is 41.6 Å². The summed E-state index contributed by atoms with van der Waals surface area (Å²) < 4.78 is 5.59. The van der Waals surface area contributed by atoms with Crippen molar-refractivity contribution in [2.24, 2.45) is 5.41 Å². The van der Waals surface area contributed by atoms with Gasteiger partial charge in [-0.15, -0.1) is 0 Å². The van der Waals surface area contributed by atoms with Crippen LogP contribution in [0.15, 0.2) is 0 Å². The third-order valence-electron chi connectivity index (χ3n) is 5.55. The summed E-state index contributed by atoms with van der Waals surface area (Å²) in [6.07, 6.45) is 9.99. The molecule has 0 bridgehead atoms. The van der Waals surface area contributed by atoms with Crippen LogP contribution in [0.5, 0.6) is 0 Å². The smallest absolute Gasteiger partial charge is 0.410 e. The SMILES string of the molecule is CCC1(CNCC2CCCCN2C(=O)OC(C)(C)C)CCCC1. The minimum atomic E-state index is -0.414. The molecule has 1 saturated heterocycles. The van der Waals surface area contributed by atoms with Crippen molar-refractivity contribution >= 4 is 6.09 Å². The number of likely N-dealkylation sites (tertiary alicyclic amines) is 1. The third-order valence-corrected chi connectivity index (χ3v) is 5.55. The molecule has 0 aromatic carbocycles. The fraction of sp³-hybridized carbons (Fsp3) is 0.947. The second kappa shape index (κ2) is 7.87. The highest BCUT2D eigenvalue weighted by Gasteiger charge is 2.33. The molecule has 1 atom stereocenters. The summed E-state index contributed by atoms with van der Waals surface area (Å²) in [5.41, 5.74) is 0.0913. The number of carbonyl (C=O) groups is 1. The van der Waals surface area contributed by atoms with Crippen LogP contribution in [0.4, 0.5) is 4.79 Å². The number of hydrogen-bond donors (Lipinski definition) is 1. The minimum Gasteiger partial charge on any atom is -0.444 e. The highest BCUT2D eigenvalue weighted by molar-refractivity contribution is 5.68. The summed E-state index contributed by atoms with van der Waals surface area (Å²) in [4.78, 5) is 14.4. The molecule has 1 N–H and O–H groups in total. The van der Waals surface area contributed by atoms with Gasteiger partial charge in [-0.05, 0) is 64.7 Å². The number of piperidine rings is 1. The van der Waals surface area contributed by atoms with E-state index in [4.69, 9.17) is 4.74 Å². The molecular weight excluding hydrogens is 288 g/mol. The maximum atomic E-state index is 12.4. The Balaban J connectivity index is 1.85. The van der Waals surface area contributed by atoms with E-state index < -0.39 is 5.60 Å². The summed E-state index contributed by atoms with van der Waals surface area (Å²) in [7, 11) is 0. The van der Waals surface area contributed by atoms with Crippen molar-refractivity contribution < 1.29 is 9.53 Å². The van der Waals surface area contributed by atoms with Crippen molar-refractivity contribution in [3.05, 3.63) is 0 Å². The molecule has 2 rings (SSSR count). The molecule has 134 valence electrons. The van der Waals surface area contributed by atoms with Gasteiger partial charge >= 0.3 is 6.09 Å². The number of rotatable bonds is 5. The Labute approximate surface area is 142 Å². The Bertz CT molecular complexity index is 383. The van der Waals surface area contributed by atoms with Gasteiger partial charge < -0.3 is 15.0 Å². The Morgan fingerprint density at radius 1 is 1.22 bits per heavy atom. The number of nitrogens with zero attached hydrogens (tertiary/aromatic N) is 1. The van der Waals surface area contributed by atoms with Gasteiger partial charge in [-0.3, -0.25) is 0 Å². The van der Waals surface area contributed by atoms with Crippen LogP contribution in [0.25, 0.3) is 0 Å². The van der Waals surface area contributed by atoms with Gasteiger partial charge in [0, 0.05) is 25.7 Å².